The Morgan fingerprint density at radius 3 is 2.36 bits per heavy atom. The lowest BCUT2D eigenvalue weighted by Crippen LogP contribution is -2.32. The molecule has 3 aromatic carbocycles. The number of benzene rings is 3. The smallest absolute Gasteiger partial charge is 0.216 e. The minimum atomic E-state index is 0.416. The second-order valence-electron chi connectivity index (χ2n) is 9.14. The molecular weight excluding hydrogens is 404 g/mol. The molecule has 5 aromatic rings. The summed E-state index contributed by atoms with van der Waals surface area (Å²) in [5, 5.41) is 11.9. The van der Waals surface area contributed by atoms with Crippen LogP contribution in [0.15, 0.2) is 71.3 Å². The van der Waals surface area contributed by atoms with E-state index in [1.807, 2.05) is 30.3 Å². The van der Waals surface area contributed by atoms with Crippen molar-refractivity contribution >= 4 is 21.9 Å². The summed E-state index contributed by atoms with van der Waals surface area (Å²) in [7, 11) is 2.08. The Balaban J connectivity index is 1.92. The van der Waals surface area contributed by atoms with E-state index in [4.69, 9.17) is 4.42 Å². The van der Waals surface area contributed by atoms with Crippen LogP contribution in [0.5, 0.6) is 0 Å². The SMILES string of the molecule is Cc1c[n+](C)c(-c2c(C)cc(C#N)c3c2oc2c(-c4ccccc4)cccc23)cc1C(C)C. The Hall–Kier alpha value is -3.90. The van der Waals surface area contributed by atoms with Gasteiger partial charge in [-0.05, 0) is 42.5 Å². The molecule has 2 aromatic heterocycles. The lowest BCUT2D eigenvalue weighted by molar-refractivity contribution is -0.660. The van der Waals surface area contributed by atoms with E-state index < -0.39 is 0 Å². The van der Waals surface area contributed by atoms with Gasteiger partial charge in [-0.3, -0.25) is 0 Å². The lowest BCUT2D eigenvalue weighted by Gasteiger charge is -2.12. The van der Waals surface area contributed by atoms with Gasteiger partial charge in [-0.2, -0.15) is 5.26 Å². The van der Waals surface area contributed by atoms with Gasteiger partial charge in [-0.1, -0.05) is 62.4 Å². The summed E-state index contributed by atoms with van der Waals surface area (Å²) in [5.41, 5.74) is 10.1. The summed E-state index contributed by atoms with van der Waals surface area (Å²) in [4.78, 5) is 0. The molecule has 0 fully saturated rings. The Bertz CT molecular complexity index is 1570. The van der Waals surface area contributed by atoms with Crippen LogP contribution in [0.3, 0.4) is 0 Å². The highest BCUT2D eigenvalue weighted by atomic mass is 16.3. The molecule has 3 nitrogen and oxygen atoms in total. The zero-order valence-electron chi connectivity index (χ0n) is 19.7. The zero-order chi connectivity index (χ0) is 23.3. The first-order valence-corrected chi connectivity index (χ1v) is 11.4. The number of hydrogen-bond acceptors (Lipinski definition) is 2. The zero-order valence-corrected chi connectivity index (χ0v) is 19.7. The summed E-state index contributed by atoms with van der Waals surface area (Å²) < 4.78 is 8.84. The van der Waals surface area contributed by atoms with E-state index in [0.717, 1.165) is 49.9 Å². The number of rotatable bonds is 3. The molecular formula is C30H27N2O+. The molecule has 0 radical (unpaired) electrons. The molecule has 3 heteroatoms. The highest BCUT2D eigenvalue weighted by Gasteiger charge is 2.25. The van der Waals surface area contributed by atoms with Crippen molar-refractivity contribution in [2.45, 2.75) is 33.6 Å². The van der Waals surface area contributed by atoms with Crippen LogP contribution in [0.2, 0.25) is 0 Å². The Morgan fingerprint density at radius 1 is 0.909 bits per heavy atom. The monoisotopic (exact) mass is 431 g/mol. The maximum atomic E-state index is 10.00. The molecule has 0 spiro atoms. The van der Waals surface area contributed by atoms with Crippen LogP contribution >= 0.6 is 0 Å². The van der Waals surface area contributed by atoms with E-state index in [-0.39, 0.29) is 0 Å². The molecule has 0 N–H and O–H groups in total. The van der Waals surface area contributed by atoms with Crippen molar-refractivity contribution in [3.63, 3.8) is 0 Å². The summed E-state index contributed by atoms with van der Waals surface area (Å²) in [6.45, 7) is 8.67. The predicted molar refractivity (Wildman–Crippen MR) is 134 cm³/mol. The van der Waals surface area contributed by atoms with Crippen molar-refractivity contribution in [1.29, 1.82) is 5.26 Å². The molecule has 5 rings (SSSR count). The number of nitriles is 1. The summed E-state index contributed by atoms with van der Waals surface area (Å²) >= 11 is 0. The van der Waals surface area contributed by atoms with E-state index in [0.29, 0.717) is 11.5 Å². The first-order valence-electron chi connectivity index (χ1n) is 11.4. The van der Waals surface area contributed by atoms with Crippen molar-refractivity contribution in [2.75, 3.05) is 0 Å². The largest absolute Gasteiger partial charge is 0.454 e. The van der Waals surface area contributed by atoms with Gasteiger partial charge in [-0.25, -0.2) is 4.57 Å². The Kier molecular flexibility index (Phi) is 5.02. The van der Waals surface area contributed by atoms with Crippen molar-refractivity contribution < 1.29 is 8.98 Å². The fraction of sp³-hybridized carbons (Fsp3) is 0.200. The minimum Gasteiger partial charge on any atom is -0.454 e. The van der Waals surface area contributed by atoms with Gasteiger partial charge in [0.1, 0.15) is 12.6 Å². The van der Waals surface area contributed by atoms with E-state index >= 15 is 0 Å². The average Bonchev–Trinajstić information content (AvgIpc) is 3.19. The molecule has 0 saturated carbocycles. The Labute approximate surface area is 194 Å². The summed E-state index contributed by atoms with van der Waals surface area (Å²) in [6.07, 6.45) is 2.19. The van der Waals surface area contributed by atoms with Gasteiger partial charge < -0.3 is 4.42 Å². The molecule has 2 heterocycles. The van der Waals surface area contributed by atoms with Crippen molar-refractivity contribution in [2.24, 2.45) is 7.05 Å². The van der Waals surface area contributed by atoms with Gasteiger partial charge in [-0.15, -0.1) is 0 Å². The number of nitrogens with zero attached hydrogens (tertiary/aromatic N) is 2. The van der Waals surface area contributed by atoms with E-state index in [2.05, 4.69) is 81.9 Å². The molecule has 0 bridgehead atoms. The first kappa shape index (κ1) is 21.0. The van der Waals surface area contributed by atoms with Gasteiger partial charge in [0.15, 0.2) is 11.8 Å². The molecule has 0 saturated heterocycles. The fourth-order valence-electron chi connectivity index (χ4n) is 5.02. The molecule has 0 aliphatic heterocycles. The van der Waals surface area contributed by atoms with Crippen LogP contribution in [-0.2, 0) is 7.05 Å². The number of hydrogen-bond donors (Lipinski definition) is 0. The third-order valence-corrected chi connectivity index (χ3v) is 6.57. The molecule has 0 unspecified atom stereocenters. The van der Waals surface area contributed by atoms with Crippen LogP contribution < -0.4 is 4.57 Å². The first-order chi connectivity index (χ1) is 15.9. The quantitative estimate of drug-likeness (QED) is 0.280. The maximum absolute atomic E-state index is 10.00. The van der Waals surface area contributed by atoms with Gasteiger partial charge in [0.2, 0.25) is 5.69 Å². The number of para-hydroxylation sites is 1. The number of aromatic nitrogens is 1. The molecule has 0 amide bonds. The number of aryl methyl sites for hydroxylation is 3. The normalized spacial score (nSPS) is 11.4. The number of pyridine rings is 1. The van der Waals surface area contributed by atoms with Crippen molar-refractivity contribution in [3.8, 4) is 28.5 Å². The molecule has 0 aliphatic carbocycles. The summed E-state index contributed by atoms with van der Waals surface area (Å²) in [5.74, 6) is 0.416. The molecule has 33 heavy (non-hydrogen) atoms. The Morgan fingerprint density at radius 2 is 1.67 bits per heavy atom. The lowest BCUT2D eigenvalue weighted by atomic mass is 9.93. The second kappa shape index (κ2) is 7.90. The highest BCUT2D eigenvalue weighted by Crippen LogP contribution is 2.42. The van der Waals surface area contributed by atoms with Crippen LogP contribution in [-0.4, -0.2) is 0 Å². The van der Waals surface area contributed by atoms with Crippen LogP contribution in [0.4, 0.5) is 0 Å². The standard InChI is InChI=1S/C30H27N2O/c1-18(2)25-15-26(32(5)17-20(25)4)27-19(3)14-22(16-31)28-24-13-9-12-23(29(24)33-30(27)28)21-10-7-6-8-11-21/h6-15,17-18H,1-5H3/q+1. The number of fused-ring (bicyclic) bond motifs is 3. The van der Waals surface area contributed by atoms with Gasteiger partial charge >= 0.3 is 0 Å². The fourth-order valence-corrected chi connectivity index (χ4v) is 5.02. The molecule has 162 valence electrons. The van der Waals surface area contributed by atoms with Crippen molar-refractivity contribution in [3.05, 3.63) is 89.1 Å². The van der Waals surface area contributed by atoms with Gasteiger partial charge in [0, 0.05) is 28.0 Å². The maximum Gasteiger partial charge on any atom is 0.216 e. The van der Waals surface area contributed by atoms with Crippen LogP contribution in [0, 0.1) is 25.2 Å². The third kappa shape index (κ3) is 3.31. The number of furan rings is 1. The molecule has 0 aliphatic rings. The van der Waals surface area contributed by atoms with E-state index in [9.17, 15) is 5.26 Å². The predicted octanol–water partition coefficient (Wildman–Crippen LogP) is 7.36. The third-order valence-electron chi connectivity index (χ3n) is 6.57. The van der Waals surface area contributed by atoms with E-state index in [1.165, 1.54) is 11.1 Å². The molecule has 0 atom stereocenters. The van der Waals surface area contributed by atoms with Gasteiger partial charge in [0.25, 0.3) is 0 Å². The van der Waals surface area contributed by atoms with Gasteiger partial charge in [0.05, 0.1) is 17.2 Å². The average molecular weight is 432 g/mol. The summed E-state index contributed by atoms with van der Waals surface area (Å²) in [6, 6.07) is 23.1. The topological polar surface area (TPSA) is 40.8 Å². The minimum absolute atomic E-state index is 0.416. The second-order valence-corrected chi connectivity index (χ2v) is 9.14. The van der Waals surface area contributed by atoms with Crippen LogP contribution in [0.25, 0.3) is 44.3 Å². The van der Waals surface area contributed by atoms with Crippen LogP contribution in [0.1, 0.15) is 42.0 Å². The van der Waals surface area contributed by atoms with E-state index in [1.54, 1.807) is 0 Å². The van der Waals surface area contributed by atoms with Crippen molar-refractivity contribution in [1.82, 2.24) is 0 Å². The highest BCUT2D eigenvalue weighted by molar-refractivity contribution is 6.15.